The molecule has 28 heavy (non-hydrogen) atoms. The van der Waals surface area contributed by atoms with E-state index in [2.05, 4.69) is 55.0 Å². The molecule has 0 saturated heterocycles. The maximum atomic E-state index is 5.64. The zero-order chi connectivity index (χ0) is 20.3. The summed E-state index contributed by atoms with van der Waals surface area (Å²) >= 11 is 5.32. The van der Waals surface area contributed by atoms with Crippen molar-refractivity contribution in [2.24, 2.45) is 0 Å². The molecule has 0 N–H and O–H groups in total. The van der Waals surface area contributed by atoms with Gasteiger partial charge in [0.1, 0.15) is 17.3 Å². The Kier molecular flexibility index (Phi) is 6.77. The van der Waals surface area contributed by atoms with Crippen LogP contribution in [-0.4, -0.2) is 51.4 Å². The molecule has 0 aliphatic carbocycles. The number of anilines is 1. The topological polar surface area (TPSA) is 69.0 Å². The monoisotopic (exact) mass is 464 g/mol. The summed E-state index contributed by atoms with van der Waals surface area (Å²) in [5.41, 5.74) is 2.16. The van der Waals surface area contributed by atoms with E-state index in [0.717, 1.165) is 46.8 Å². The molecule has 0 aliphatic rings. The van der Waals surface area contributed by atoms with Crippen molar-refractivity contribution in [2.45, 2.75) is 38.5 Å². The van der Waals surface area contributed by atoms with Gasteiger partial charge in [0.2, 0.25) is 0 Å². The summed E-state index contributed by atoms with van der Waals surface area (Å²) in [5.74, 6) is 2.24. The second kappa shape index (κ2) is 9.09. The lowest BCUT2D eigenvalue weighted by molar-refractivity contribution is 0.410. The van der Waals surface area contributed by atoms with Crippen LogP contribution in [0.1, 0.15) is 32.5 Å². The molecule has 0 atom stereocenters. The Bertz CT molecular complexity index is 977. The minimum atomic E-state index is 0.674. The summed E-state index contributed by atoms with van der Waals surface area (Å²) in [6, 6.07) is 4.04. The van der Waals surface area contributed by atoms with E-state index in [1.54, 1.807) is 23.6 Å². The lowest BCUT2D eigenvalue weighted by atomic mass is 10.3. The van der Waals surface area contributed by atoms with E-state index in [0.29, 0.717) is 22.7 Å². The van der Waals surface area contributed by atoms with Gasteiger partial charge in [-0.25, -0.2) is 9.97 Å². The number of aryl methyl sites for hydroxylation is 1. The third kappa shape index (κ3) is 3.96. The first kappa shape index (κ1) is 20.9. The number of hydrogen-bond donors (Lipinski definition) is 0. The number of aromatic nitrogens is 5. The van der Waals surface area contributed by atoms with E-state index in [1.165, 1.54) is 0 Å². The SMILES string of the molecule is CCCCN(CC)c1nc(C)nc2c1nnn2-c1c(Br)cc(SC)cc1OC. The van der Waals surface area contributed by atoms with Crippen molar-refractivity contribution >= 4 is 44.7 Å². The highest BCUT2D eigenvalue weighted by molar-refractivity contribution is 9.10. The summed E-state index contributed by atoms with van der Waals surface area (Å²) in [5, 5.41) is 8.85. The zero-order valence-corrected chi connectivity index (χ0v) is 19.3. The predicted octanol–water partition coefficient (Wildman–Crippen LogP) is 4.64. The zero-order valence-electron chi connectivity index (χ0n) is 16.9. The number of fused-ring (bicyclic) bond motifs is 1. The Balaban J connectivity index is 2.20. The Morgan fingerprint density at radius 1 is 1.25 bits per heavy atom. The van der Waals surface area contributed by atoms with Gasteiger partial charge in [-0.2, -0.15) is 4.68 Å². The molecule has 0 fully saturated rings. The van der Waals surface area contributed by atoms with Crippen molar-refractivity contribution in [3.05, 3.63) is 22.4 Å². The van der Waals surface area contributed by atoms with Crippen LogP contribution in [0.15, 0.2) is 21.5 Å². The number of ether oxygens (including phenoxy) is 1. The Morgan fingerprint density at radius 2 is 2.04 bits per heavy atom. The summed E-state index contributed by atoms with van der Waals surface area (Å²) in [7, 11) is 1.66. The molecule has 0 radical (unpaired) electrons. The fourth-order valence-corrected chi connectivity index (χ4v) is 4.29. The van der Waals surface area contributed by atoms with E-state index in [4.69, 9.17) is 4.74 Å². The fraction of sp³-hybridized carbons (Fsp3) is 0.474. The second-order valence-corrected chi connectivity index (χ2v) is 8.10. The van der Waals surface area contributed by atoms with Crippen LogP contribution in [0, 0.1) is 6.92 Å². The fourth-order valence-electron chi connectivity index (χ4n) is 3.07. The first-order chi connectivity index (χ1) is 13.5. The van der Waals surface area contributed by atoms with Gasteiger partial charge in [0.05, 0.1) is 7.11 Å². The molecule has 2 heterocycles. The summed E-state index contributed by atoms with van der Waals surface area (Å²) in [4.78, 5) is 12.7. The van der Waals surface area contributed by atoms with Gasteiger partial charge in [-0.05, 0) is 54.6 Å². The minimum Gasteiger partial charge on any atom is -0.494 e. The molecular weight excluding hydrogens is 440 g/mol. The molecule has 150 valence electrons. The van der Waals surface area contributed by atoms with Crippen molar-refractivity contribution in [3.8, 4) is 11.4 Å². The third-order valence-electron chi connectivity index (χ3n) is 4.53. The summed E-state index contributed by atoms with van der Waals surface area (Å²) < 4.78 is 8.24. The summed E-state index contributed by atoms with van der Waals surface area (Å²) in [6.07, 6.45) is 4.26. The van der Waals surface area contributed by atoms with E-state index in [9.17, 15) is 0 Å². The molecule has 3 rings (SSSR count). The molecular formula is C19H25BrN6OS. The van der Waals surface area contributed by atoms with Gasteiger partial charge in [-0.3, -0.25) is 0 Å². The second-order valence-electron chi connectivity index (χ2n) is 6.36. The number of nitrogens with zero attached hydrogens (tertiary/aromatic N) is 6. The van der Waals surface area contributed by atoms with Gasteiger partial charge in [-0.1, -0.05) is 18.6 Å². The maximum absolute atomic E-state index is 5.64. The van der Waals surface area contributed by atoms with Crippen LogP contribution in [0.25, 0.3) is 16.9 Å². The number of halogens is 1. The first-order valence-corrected chi connectivity index (χ1v) is 11.3. The molecule has 0 spiro atoms. The lowest BCUT2D eigenvalue weighted by Crippen LogP contribution is -2.25. The summed E-state index contributed by atoms with van der Waals surface area (Å²) in [6.45, 7) is 8.00. The predicted molar refractivity (Wildman–Crippen MR) is 118 cm³/mol. The van der Waals surface area contributed by atoms with Gasteiger partial charge in [0, 0.05) is 22.5 Å². The van der Waals surface area contributed by atoms with E-state index >= 15 is 0 Å². The van der Waals surface area contributed by atoms with Crippen molar-refractivity contribution in [2.75, 3.05) is 31.4 Å². The molecule has 1 aromatic carbocycles. The van der Waals surface area contributed by atoms with Crippen LogP contribution in [0.2, 0.25) is 0 Å². The highest BCUT2D eigenvalue weighted by Crippen LogP contribution is 2.36. The average molecular weight is 465 g/mol. The van der Waals surface area contributed by atoms with Gasteiger partial charge in [-0.15, -0.1) is 16.9 Å². The van der Waals surface area contributed by atoms with Crippen LogP contribution >= 0.6 is 27.7 Å². The molecule has 3 aromatic rings. The smallest absolute Gasteiger partial charge is 0.189 e. The van der Waals surface area contributed by atoms with E-state index < -0.39 is 0 Å². The molecule has 0 aliphatic heterocycles. The number of unbranched alkanes of at least 4 members (excludes halogenated alkanes) is 1. The third-order valence-corrected chi connectivity index (χ3v) is 5.84. The molecule has 7 nitrogen and oxygen atoms in total. The van der Waals surface area contributed by atoms with Gasteiger partial charge >= 0.3 is 0 Å². The van der Waals surface area contributed by atoms with Crippen LogP contribution in [-0.2, 0) is 0 Å². The Morgan fingerprint density at radius 3 is 2.68 bits per heavy atom. The van der Waals surface area contributed by atoms with E-state index in [-0.39, 0.29) is 0 Å². The van der Waals surface area contributed by atoms with Crippen molar-refractivity contribution in [1.82, 2.24) is 25.0 Å². The van der Waals surface area contributed by atoms with Crippen LogP contribution < -0.4 is 9.64 Å². The number of hydrogen-bond acceptors (Lipinski definition) is 7. The highest BCUT2D eigenvalue weighted by atomic mass is 79.9. The molecule has 0 saturated carbocycles. The largest absolute Gasteiger partial charge is 0.494 e. The van der Waals surface area contributed by atoms with Crippen LogP contribution in [0.4, 0.5) is 5.82 Å². The normalized spacial score (nSPS) is 11.2. The van der Waals surface area contributed by atoms with Crippen molar-refractivity contribution < 1.29 is 4.74 Å². The standard InChI is InChI=1S/C19H25BrN6OS/c1-6-8-9-25(7-2)18-16-19(22-12(3)21-18)26(24-23-16)17-14(20)10-13(28-5)11-15(17)27-4/h10-11H,6-9H2,1-5H3. The average Bonchev–Trinajstić information content (AvgIpc) is 3.10. The van der Waals surface area contributed by atoms with Gasteiger partial charge in [0.25, 0.3) is 0 Å². The number of methoxy groups -OCH3 is 1. The molecule has 2 aromatic heterocycles. The maximum Gasteiger partial charge on any atom is 0.189 e. The van der Waals surface area contributed by atoms with Gasteiger partial charge < -0.3 is 9.64 Å². The minimum absolute atomic E-state index is 0.674. The lowest BCUT2D eigenvalue weighted by Gasteiger charge is -2.22. The Hall–Kier alpha value is -1.87. The van der Waals surface area contributed by atoms with Crippen LogP contribution in [0.5, 0.6) is 5.75 Å². The highest BCUT2D eigenvalue weighted by Gasteiger charge is 2.22. The van der Waals surface area contributed by atoms with E-state index in [1.807, 2.05) is 25.3 Å². The number of thioether (sulfide) groups is 1. The molecule has 0 unspecified atom stereocenters. The van der Waals surface area contributed by atoms with Crippen molar-refractivity contribution in [1.29, 1.82) is 0 Å². The number of rotatable bonds is 8. The van der Waals surface area contributed by atoms with Gasteiger partial charge in [0.15, 0.2) is 17.0 Å². The molecule has 0 bridgehead atoms. The van der Waals surface area contributed by atoms with Crippen LogP contribution in [0.3, 0.4) is 0 Å². The quantitative estimate of drug-likeness (QED) is 0.449. The molecule has 9 heteroatoms. The van der Waals surface area contributed by atoms with Crippen molar-refractivity contribution in [3.63, 3.8) is 0 Å². The number of benzene rings is 1. The molecule has 0 amide bonds. The Labute approximate surface area is 178 Å². The first-order valence-electron chi connectivity index (χ1n) is 9.30.